The van der Waals surface area contributed by atoms with Crippen LogP contribution < -0.4 is 10.6 Å². The molecule has 0 bridgehead atoms. The molecule has 1 aliphatic rings. The molecule has 0 radical (unpaired) electrons. The Hall–Kier alpha value is -1.59. The number of nitrogens with one attached hydrogen (secondary N) is 2. The average Bonchev–Trinajstić information content (AvgIpc) is 2.94. The molecule has 1 fully saturated rings. The van der Waals surface area contributed by atoms with Crippen LogP contribution in [0.1, 0.15) is 46.5 Å². The fourth-order valence-electron chi connectivity index (χ4n) is 2.03. The van der Waals surface area contributed by atoms with Crippen molar-refractivity contribution in [3.8, 4) is 0 Å². The second kappa shape index (κ2) is 6.04. The van der Waals surface area contributed by atoms with E-state index in [0.29, 0.717) is 5.92 Å². The van der Waals surface area contributed by atoms with Gasteiger partial charge < -0.3 is 10.4 Å². The molecule has 1 aliphatic carbocycles. The van der Waals surface area contributed by atoms with Crippen LogP contribution in [0.2, 0.25) is 0 Å². The Labute approximate surface area is 112 Å². The fraction of sp³-hybridized carbons (Fsp3) is 0.769. The number of hydrogen-bond acceptors (Lipinski definition) is 3. The lowest BCUT2D eigenvalue weighted by Gasteiger charge is -2.21. The fourth-order valence-corrected chi connectivity index (χ4v) is 2.03. The minimum Gasteiger partial charge on any atom is -0.481 e. The lowest BCUT2D eigenvalue weighted by molar-refractivity contribution is -0.139. The van der Waals surface area contributed by atoms with Crippen molar-refractivity contribution >= 4 is 17.9 Å². The van der Waals surface area contributed by atoms with Gasteiger partial charge in [0.15, 0.2) is 0 Å². The highest BCUT2D eigenvalue weighted by Gasteiger charge is 2.30. The number of urea groups is 1. The van der Waals surface area contributed by atoms with Gasteiger partial charge in [-0.2, -0.15) is 0 Å². The lowest BCUT2D eigenvalue weighted by Crippen LogP contribution is -2.45. The van der Waals surface area contributed by atoms with E-state index in [0.717, 1.165) is 12.8 Å². The number of hydrogen-bond donors (Lipinski definition) is 3. The van der Waals surface area contributed by atoms with Crippen LogP contribution in [0.3, 0.4) is 0 Å². The standard InChI is InChI=1S/C13H22N2O4/c1-8(9-4-5-9)14-12(19)15-10(16)6-13(2,3)7-11(17)18/h8-9H,4-7H2,1-3H3,(H,17,18)(H2,14,15,16,19). The summed E-state index contributed by atoms with van der Waals surface area (Å²) in [4.78, 5) is 33.8. The van der Waals surface area contributed by atoms with E-state index in [1.54, 1.807) is 13.8 Å². The Bertz CT molecular complexity index is 375. The van der Waals surface area contributed by atoms with Gasteiger partial charge in [0, 0.05) is 12.5 Å². The van der Waals surface area contributed by atoms with Crippen LogP contribution in [0.4, 0.5) is 4.79 Å². The molecular formula is C13H22N2O4. The van der Waals surface area contributed by atoms with E-state index in [4.69, 9.17) is 5.11 Å². The molecule has 0 aliphatic heterocycles. The molecule has 108 valence electrons. The highest BCUT2D eigenvalue weighted by atomic mass is 16.4. The van der Waals surface area contributed by atoms with Gasteiger partial charge >= 0.3 is 12.0 Å². The zero-order chi connectivity index (χ0) is 14.6. The molecule has 19 heavy (non-hydrogen) atoms. The Balaban J connectivity index is 2.33. The molecule has 3 N–H and O–H groups in total. The van der Waals surface area contributed by atoms with Crippen molar-refractivity contribution in [1.29, 1.82) is 0 Å². The van der Waals surface area contributed by atoms with Crippen molar-refractivity contribution in [2.75, 3.05) is 0 Å². The first-order valence-corrected chi connectivity index (χ1v) is 6.52. The molecule has 3 amide bonds. The quantitative estimate of drug-likeness (QED) is 0.681. The van der Waals surface area contributed by atoms with E-state index in [1.165, 1.54) is 0 Å². The maximum Gasteiger partial charge on any atom is 0.321 e. The topological polar surface area (TPSA) is 95.5 Å². The Kier molecular flexibility index (Phi) is 4.91. The van der Waals surface area contributed by atoms with E-state index >= 15 is 0 Å². The van der Waals surface area contributed by atoms with Gasteiger partial charge in [0.25, 0.3) is 0 Å². The van der Waals surface area contributed by atoms with Gasteiger partial charge in [0.2, 0.25) is 5.91 Å². The third-order valence-corrected chi connectivity index (χ3v) is 3.21. The van der Waals surface area contributed by atoms with E-state index in [9.17, 15) is 14.4 Å². The smallest absolute Gasteiger partial charge is 0.321 e. The molecule has 0 heterocycles. The summed E-state index contributed by atoms with van der Waals surface area (Å²) in [5.74, 6) is -0.888. The molecule has 0 aromatic heterocycles. The van der Waals surface area contributed by atoms with Crippen LogP contribution in [0, 0.1) is 11.3 Å². The molecule has 1 atom stereocenters. The second-order valence-corrected chi connectivity index (χ2v) is 6.06. The van der Waals surface area contributed by atoms with Gasteiger partial charge in [-0.15, -0.1) is 0 Å². The molecule has 6 nitrogen and oxygen atoms in total. The molecule has 0 aromatic carbocycles. The van der Waals surface area contributed by atoms with E-state index in [1.807, 2.05) is 6.92 Å². The number of imide groups is 1. The summed E-state index contributed by atoms with van der Waals surface area (Å²) in [5, 5.41) is 13.7. The Morgan fingerprint density at radius 3 is 2.32 bits per heavy atom. The van der Waals surface area contributed by atoms with Crippen LogP contribution in [-0.2, 0) is 9.59 Å². The first-order valence-electron chi connectivity index (χ1n) is 6.52. The van der Waals surface area contributed by atoms with E-state index in [-0.39, 0.29) is 18.9 Å². The predicted octanol–water partition coefficient (Wildman–Crippen LogP) is 1.50. The predicted molar refractivity (Wildman–Crippen MR) is 69.5 cm³/mol. The van der Waals surface area contributed by atoms with Gasteiger partial charge in [0.05, 0.1) is 6.42 Å². The summed E-state index contributed by atoms with van der Waals surface area (Å²) in [7, 11) is 0. The van der Waals surface area contributed by atoms with Crippen molar-refractivity contribution in [2.45, 2.75) is 52.5 Å². The van der Waals surface area contributed by atoms with Crippen molar-refractivity contribution in [2.24, 2.45) is 11.3 Å². The van der Waals surface area contributed by atoms with Gasteiger partial charge in [-0.1, -0.05) is 13.8 Å². The molecule has 6 heteroatoms. The molecule has 0 saturated heterocycles. The third kappa shape index (κ3) is 6.22. The number of carbonyl (C=O) groups is 3. The highest BCUT2D eigenvalue weighted by Crippen LogP contribution is 2.32. The SMILES string of the molecule is CC(NC(=O)NC(=O)CC(C)(C)CC(=O)O)C1CC1. The average molecular weight is 270 g/mol. The van der Waals surface area contributed by atoms with Gasteiger partial charge in [0.1, 0.15) is 0 Å². The number of carbonyl (C=O) groups excluding carboxylic acids is 2. The van der Waals surface area contributed by atoms with Crippen molar-refractivity contribution in [1.82, 2.24) is 10.6 Å². The summed E-state index contributed by atoms with van der Waals surface area (Å²) in [5.41, 5.74) is -0.668. The van der Waals surface area contributed by atoms with Crippen molar-refractivity contribution in [3.05, 3.63) is 0 Å². The minimum absolute atomic E-state index is 0.00449. The van der Waals surface area contributed by atoms with Gasteiger partial charge in [-0.3, -0.25) is 14.9 Å². The lowest BCUT2D eigenvalue weighted by atomic mass is 9.85. The van der Waals surface area contributed by atoms with Crippen LogP contribution >= 0.6 is 0 Å². The zero-order valence-corrected chi connectivity index (χ0v) is 11.7. The highest BCUT2D eigenvalue weighted by molar-refractivity contribution is 5.94. The number of carboxylic acid groups (broad SMARTS) is 1. The van der Waals surface area contributed by atoms with Crippen LogP contribution in [0.25, 0.3) is 0 Å². The Morgan fingerprint density at radius 2 is 1.84 bits per heavy atom. The first kappa shape index (κ1) is 15.5. The number of rotatable bonds is 6. The zero-order valence-electron chi connectivity index (χ0n) is 11.7. The molecule has 1 saturated carbocycles. The largest absolute Gasteiger partial charge is 0.481 e. The maximum atomic E-state index is 11.7. The minimum atomic E-state index is -0.954. The summed E-state index contributed by atoms with van der Waals surface area (Å²) < 4.78 is 0. The third-order valence-electron chi connectivity index (χ3n) is 3.21. The number of amides is 3. The first-order chi connectivity index (χ1) is 8.69. The summed E-state index contributed by atoms with van der Waals surface area (Å²) in [6, 6.07) is -0.435. The summed E-state index contributed by atoms with van der Waals surface area (Å²) >= 11 is 0. The van der Waals surface area contributed by atoms with E-state index < -0.39 is 23.3 Å². The van der Waals surface area contributed by atoms with Crippen LogP contribution in [-0.4, -0.2) is 29.1 Å². The molecule has 0 spiro atoms. The van der Waals surface area contributed by atoms with Crippen molar-refractivity contribution < 1.29 is 19.5 Å². The summed E-state index contributed by atoms with van der Waals surface area (Å²) in [6.07, 6.45) is 2.12. The van der Waals surface area contributed by atoms with Gasteiger partial charge in [-0.25, -0.2) is 4.79 Å². The molecule has 1 unspecified atom stereocenters. The monoisotopic (exact) mass is 270 g/mol. The molecule has 0 aromatic rings. The molecule has 1 rings (SSSR count). The number of aliphatic carboxylic acids is 1. The summed E-state index contributed by atoms with van der Waals surface area (Å²) in [6.45, 7) is 5.28. The normalized spacial score (nSPS) is 16.6. The van der Waals surface area contributed by atoms with Crippen LogP contribution in [0.5, 0.6) is 0 Å². The molecular weight excluding hydrogens is 248 g/mol. The van der Waals surface area contributed by atoms with Crippen LogP contribution in [0.15, 0.2) is 0 Å². The number of carboxylic acids is 1. The second-order valence-electron chi connectivity index (χ2n) is 6.06. The van der Waals surface area contributed by atoms with Gasteiger partial charge in [-0.05, 0) is 31.1 Å². The van der Waals surface area contributed by atoms with E-state index in [2.05, 4.69) is 10.6 Å². The Morgan fingerprint density at radius 1 is 1.26 bits per heavy atom. The maximum absolute atomic E-state index is 11.7. The van der Waals surface area contributed by atoms with Crippen molar-refractivity contribution in [3.63, 3.8) is 0 Å².